The molecule has 1 unspecified atom stereocenters. The van der Waals surface area contributed by atoms with E-state index in [1.807, 2.05) is 0 Å². The quantitative estimate of drug-likeness (QED) is 0.430. The summed E-state index contributed by atoms with van der Waals surface area (Å²) in [7, 11) is -5.56. The highest BCUT2D eigenvalue weighted by molar-refractivity contribution is 7.87. The van der Waals surface area contributed by atoms with E-state index in [1.165, 1.54) is 0 Å². The molecule has 0 saturated carbocycles. The third-order valence-electron chi connectivity index (χ3n) is 1.30. The molecule has 86 valence electrons. The van der Waals surface area contributed by atoms with E-state index in [0.29, 0.717) is 12.8 Å². The highest BCUT2D eigenvalue weighted by Gasteiger charge is 2.48. The summed E-state index contributed by atoms with van der Waals surface area (Å²) in [6.07, 6.45) is 1.26. The summed E-state index contributed by atoms with van der Waals surface area (Å²) in [6, 6.07) is 0. The van der Waals surface area contributed by atoms with E-state index >= 15 is 0 Å². The summed E-state index contributed by atoms with van der Waals surface area (Å²) in [5, 5.41) is 0. The van der Waals surface area contributed by atoms with Gasteiger partial charge in [0.15, 0.2) is 5.56 Å². The largest absolute Gasteiger partial charge is 0.523 e. The Morgan fingerprint density at radius 3 is 2.29 bits per heavy atom. The van der Waals surface area contributed by atoms with Crippen molar-refractivity contribution in [2.75, 3.05) is 0 Å². The molecule has 0 aromatic heterocycles. The summed E-state index contributed by atoms with van der Waals surface area (Å²) >= 11 is 5.25. The first-order chi connectivity index (χ1) is 6.20. The monoisotopic (exact) mass is 254 g/mol. The van der Waals surface area contributed by atoms with Crippen LogP contribution in [0.25, 0.3) is 0 Å². The molecule has 0 aromatic carbocycles. The van der Waals surface area contributed by atoms with Crippen LogP contribution in [0.2, 0.25) is 0 Å². The molecule has 0 amide bonds. The van der Waals surface area contributed by atoms with Gasteiger partial charge >= 0.3 is 15.6 Å². The Hall–Kier alpha value is -0.0100. The van der Waals surface area contributed by atoms with Crippen LogP contribution in [0.15, 0.2) is 0 Å². The minimum Gasteiger partial charge on any atom is -0.244 e. The molecule has 0 radical (unpaired) electrons. The molecule has 0 rings (SSSR count). The smallest absolute Gasteiger partial charge is 0.244 e. The molecule has 0 N–H and O–H groups in total. The molecule has 14 heavy (non-hydrogen) atoms. The lowest BCUT2D eigenvalue weighted by atomic mass is 10.3. The third-order valence-corrected chi connectivity index (χ3v) is 2.76. The van der Waals surface area contributed by atoms with Gasteiger partial charge in [0.2, 0.25) is 0 Å². The van der Waals surface area contributed by atoms with Crippen LogP contribution in [0, 0.1) is 0 Å². The molecule has 0 bridgehead atoms. The van der Waals surface area contributed by atoms with Crippen LogP contribution < -0.4 is 0 Å². The molecule has 0 saturated heterocycles. The summed E-state index contributed by atoms with van der Waals surface area (Å²) in [6.45, 7) is 1.79. The minimum absolute atomic E-state index is 0.0629. The van der Waals surface area contributed by atoms with E-state index in [-0.39, 0.29) is 6.42 Å². The van der Waals surface area contributed by atoms with Crippen LogP contribution >= 0.6 is 11.6 Å². The van der Waals surface area contributed by atoms with Crippen molar-refractivity contribution < 1.29 is 25.8 Å². The van der Waals surface area contributed by atoms with Crippen LogP contribution in [-0.4, -0.2) is 19.5 Å². The Morgan fingerprint density at radius 1 is 1.43 bits per heavy atom. The van der Waals surface area contributed by atoms with Gasteiger partial charge in [-0.15, -0.1) is 0 Å². The molecular formula is C6H10ClF3O3S. The Balaban J connectivity index is 4.24. The van der Waals surface area contributed by atoms with Crippen molar-refractivity contribution in [3.8, 4) is 0 Å². The van der Waals surface area contributed by atoms with E-state index in [1.54, 1.807) is 6.92 Å². The van der Waals surface area contributed by atoms with Crippen molar-refractivity contribution >= 4 is 21.7 Å². The van der Waals surface area contributed by atoms with Crippen LogP contribution in [0.1, 0.15) is 26.2 Å². The topological polar surface area (TPSA) is 43.4 Å². The summed E-state index contributed by atoms with van der Waals surface area (Å²) in [5.41, 5.74) is -6.87. The first kappa shape index (κ1) is 14.0. The van der Waals surface area contributed by atoms with Crippen LogP contribution in [0.3, 0.4) is 0 Å². The second-order valence-electron chi connectivity index (χ2n) is 2.55. The van der Waals surface area contributed by atoms with E-state index < -0.39 is 21.2 Å². The highest BCUT2D eigenvalue weighted by atomic mass is 35.5. The van der Waals surface area contributed by atoms with Gasteiger partial charge in [0.25, 0.3) is 0 Å². The fourth-order valence-corrected chi connectivity index (χ4v) is 1.53. The maximum absolute atomic E-state index is 11.7. The van der Waals surface area contributed by atoms with Gasteiger partial charge in [0, 0.05) is 0 Å². The Labute approximate surface area is 85.3 Å². The molecule has 0 spiro atoms. The van der Waals surface area contributed by atoms with Gasteiger partial charge in [-0.25, -0.2) is 4.18 Å². The minimum atomic E-state index is -5.56. The van der Waals surface area contributed by atoms with E-state index in [4.69, 9.17) is 11.6 Å². The summed E-state index contributed by atoms with van der Waals surface area (Å²) in [4.78, 5) is 0. The van der Waals surface area contributed by atoms with Gasteiger partial charge in [-0.1, -0.05) is 24.9 Å². The van der Waals surface area contributed by atoms with Crippen LogP contribution in [-0.2, 0) is 14.3 Å². The number of hydrogen-bond donors (Lipinski definition) is 0. The Kier molecular flexibility index (Phi) is 5.17. The highest BCUT2D eigenvalue weighted by Crippen LogP contribution is 2.27. The van der Waals surface area contributed by atoms with Gasteiger partial charge in [0.1, 0.15) is 0 Å². The zero-order valence-electron chi connectivity index (χ0n) is 7.34. The van der Waals surface area contributed by atoms with Crippen molar-refractivity contribution in [2.45, 2.75) is 37.3 Å². The fourth-order valence-electron chi connectivity index (χ4n) is 0.605. The Morgan fingerprint density at radius 2 is 1.93 bits per heavy atom. The summed E-state index contributed by atoms with van der Waals surface area (Å²) in [5.74, 6) is 0. The lowest BCUT2D eigenvalue weighted by Gasteiger charge is -2.12. The summed E-state index contributed by atoms with van der Waals surface area (Å²) < 4.78 is 59.7. The molecule has 1 atom stereocenters. The van der Waals surface area contributed by atoms with Crippen LogP contribution in [0.5, 0.6) is 0 Å². The molecule has 0 heterocycles. The maximum Gasteiger partial charge on any atom is 0.523 e. The third kappa shape index (κ3) is 4.47. The Bertz CT molecular complexity index is 262. The SMILES string of the molecule is CCCCC(Cl)OS(=O)(=O)C(F)(F)F. The normalized spacial score (nSPS) is 15.5. The fraction of sp³-hybridized carbons (Fsp3) is 1.00. The number of alkyl halides is 4. The van der Waals surface area contributed by atoms with Crippen molar-refractivity contribution in [3.05, 3.63) is 0 Å². The van der Waals surface area contributed by atoms with Gasteiger partial charge in [-0.05, 0) is 12.8 Å². The molecule has 0 aromatic rings. The van der Waals surface area contributed by atoms with Gasteiger partial charge < -0.3 is 0 Å². The van der Waals surface area contributed by atoms with Crippen molar-refractivity contribution in [3.63, 3.8) is 0 Å². The lowest BCUT2D eigenvalue weighted by molar-refractivity contribution is -0.0553. The van der Waals surface area contributed by atoms with E-state index in [0.717, 1.165) is 0 Å². The number of hydrogen-bond acceptors (Lipinski definition) is 3. The molecule has 0 aliphatic carbocycles. The van der Waals surface area contributed by atoms with Crippen LogP contribution in [0.4, 0.5) is 13.2 Å². The van der Waals surface area contributed by atoms with E-state index in [2.05, 4.69) is 4.18 Å². The lowest BCUT2D eigenvalue weighted by Crippen LogP contribution is -2.28. The number of rotatable bonds is 5. The van der Waals surface area contributed by atoms with E-state index in [9.17, 15) is 21.6 Å². The first-order valence-electron chi connectivity index (χ1n) is 3.84. The molecule has 8 heteroatoms. The first-order valence-corrected chi connectivity index (χ1v) is 5.69. The molecule has 0 aliphatic heterocycles. The van der Waals surface area contributed by atoms with Gasteiger partial charge in [-0.2, -0.15) is 21.6 Å². The number of halogens is 4. The second kappa shape index (κ2) is 5.18. The zero-order chi connectivity index (χ0) is 11.4. The van der Waals surface area contributed by atoms with Crippen molar-refractivity contribution in [1.82, 2.24) is 0 Å². The van der Waals surface area contributed by atoms with Gasteiger partial charge in [-0.3, -0.25) is 0 Å². The predicted octanol–water partition coefficient (Wildman–Crippen LogP) is 2.61. The average Bonchev–Trinajstić information content (AvgIpc) is 1.97. The molecule has 3 nitrogen and oxygen atoms in total. The maximum atomic E-state index is 11.7. The predicted molar refractivity (Wildman–Crippen MR) is 45.2 cm³/mol. The standard InChI is InChI=1S/C6H10ClF3O3S/c1-2-3-4-5(7)13-14(11,12)6(8,9)10/h5H,2-4H2,1H3. The van der Waals surface area contributed by atoms with Crippen molar-refractivity contribution in [1.29, 1.82) is 0 Å². The molecule has 0 fully saturated rings. The number of unbranched alkanes of at least 4 members (excludes halogenated alkanes) is 1. The van der Waals surface area contributed by atoms with Crippen molar-refractivity contribution in [2.24, 2.45) is 0 Å². The average molecular weight is 255 g/mol. The molecular weight excluding hydrogens is 245 g/mol. The van der Waals surface area contributed by atoms with Gasteiger partial charge in [0.05, 0.1) is 0 Å². The second-order valence-corrected chi connectivity index (χ2v) is 4.60. The zero-order valence-corrected chi connectivity index (χ0v) is 8.92. The molecule has 0 aliphatic rings.